The molecule has 2 heterocycles. The number of tetrazole rings is 1. The molecule has 3 N–H and O–H groups in total. The number of H-pyrrole nitrogens is 2. The first kappa shape index (κ1) is 23.8. The summed E-state index contributed by atoms with van der Waals surface area (Å²) >= 11 is 0. The van der Waals surface area contributed by atoms with Gasteiger partial charge < -0.3 is 9.84 Å². The quantitative estimate of drug-likeness (QED) is 0.273. The summed E-state index contributed by atoms with van der Waals surface area (Å²) in [5.74, 6) is 0.366. The van der Waals surface area contributed by atoms with Crippen molar-refractivity contribution in [3.05, 3.63) is 87.8 Å². The molecule has 0 radical (unpaired) electrons. The number of ether oxygens (including phenoxy) is 1. The van der Waals surface area contributed by atoms with Gasteiger partial charge in [-0.15, -0.1) is 20.4 Å². The van der Waals surface area contributed by atoms with Crippen LogP contribution in [0.3, 0.4) is 0 Å². The van der Waals surface area contributed by atoms with E-state index in [0.717, 1.165) is 22.3 Å². The van der Waals surface area contributed by atoms with Gasteiger partial charge in [-0.05, 0) is 60.0 Å². The zero-order valence-corrected chi connectivity index (χ0v) is 20.4. The largest absolute Gasteiger partial charge is 0.505 e. The Bertz CT molecular complexity index is 1650. The second-order valence-corrected chi connectivity index (χ2v) is 8.47. The summed E-state index contributed by atoms with van der Waals surface area (Å²) in [5, 5.41) is 36.5. The first-order valence-corrected chi connectivity index (χ1v) is 11.4. The highest BCUT2D eigenvalue weighted by Gasteiger charge is 2.17. The van der Waals surface area contributed by atoms with Gasteiger partial charge in [0.15, 0.2) is 11.4 Å². The molecule has 0 fully saturated rings. The molecule has 0 spiro atoms. The van der Waals surface area contributed by atoms with E-state index >= 15 is 0 Å². The summed E-state index contributed by atoms with van der Waals surface area (Å²) in [6.45, 7) is 4.13. The fourth-order valence-electron chi connectivity index (χ4n) is 3.93. The molecule has 186 valence electrons. The molecule has 0 amide bonds. The van der Waals surface area contributed by atoms with Gasteiger partial charge in [0.1, 0.15) is 5.69 Å². The molecule has 11 nitrogen and oxygen atoms in total. The van der Waals surface area contributed by atoms with Gasteiger partial charge >= 0.3 is 0 Å². The van der Waals surface area contributed by atoms with Crippen LogP contribution in [0.2, 0.25) is 0 Å². The predicted molar refractivity (Wildman–Crippen MR) is 137 cm³/mol. The molecule has 37 heavy (non-hydrogen) atoms. The third-order valence-electron chi connectivity index (χ3n) is 6.03. The van der Waals surface area contributed by atoms with Crippen molar-refractivity contribution in [2.24, 2.45) is 10.2 Å². The lowest BCUT2D eigenvalue weighted by atomic mass is 10.0. The number of hydrogen-bond acceptors (Lipinski definition) is 8. The number of para-hydroxylation sites is 1. The maximum Gasteiger partial charge on any atom is 0.299 e. The Morgan fingerprint density at radius 2 is 1.81 bits per heavy atom. The molecule has 0 aliphatic rings. The molecular formula is C26H24N8O3. The third kappa shape index (κ3) is 4.67. The van der Waals surface area contributed by atoms with Crippen molar-refractivity contribution < 1.29 is 9.84 Å². The average Bonchev–Trinajstić information content (AvgIpc) is 3.54. The van der Waals surface area contributed by atoms with Gasteiger partial charge in [-0.1, -0.05) is 36.4 Å². The Labute approximate surface area is 211 Å². The third-order valence-corrected chi connectivity index (χ3v) is 6.03. The van der Waals surface area contributed by atoms with Crippen LogP contribution in [0.25, 0.3) is 28.2 Å². The highest BCUT2D eigenvalue weighted by atomic mass is 16.5. The van der Waals surface area contributed by atoms with Crippen LogP contribution in [0.4, 0.5) is 11.4 Å². The van der Waals surface area contributed by atoms with Crippen molar-refractivity contribution in [3.63, 3.8) is 0 Å². The van der Waals surface area contributed by atoms with Crippen LogP contribution in [0.5, 0.6) is 5.75 Å². The minimum Gasteiger partial charge on any atom is -0.505 e. The summed E-state index contributed by atoms with van der Waals surface area (Å²) in [4.78, 5) is 13.2. The molecular weight excluding hydrogens is 472 g/mol. The summed E-state index contributed by atoms with van der Waals surface area (Å²) in [6.07, 6.45) is 0. The number of phenolic OH excluding ortho intramolecular Hbond substituents is 1. The van der Waals surface area contributed by atoms with E-state index in [-0.39, 0.29) is 29.3 Å². The number of aromatic hydroxyl groups is 1. The second-order valence-electron chi connectivity index (χ2n) is 8.47. The zero-order chi connectivity index (χ0) is 25.9. The molecule has 11 heteroatoms. The fraction of sp³-hybridized carbons (Fsp3) is 0.154. The lowest BCUT2D eigenvalue weighted by Gasteiger charge is -2.07. The van der Waals surface area contributed by atoms with Gasteiger partial charge in [-0.3, -0.25) is 9.89 Å². The highest BCUT2D eigenvalue weighted by molar-refractivity contribution is 5.78. The number of rotatable bonds is 7. The molecule has 0 saturated heterocycles. The van der Waals surface area contributed by atoms with Crippen molar-refractivity contribution in [2.75, 3.05) is 7.11 Å². The molecule has 0 atom stereocenters. The minimum absolute atomic E-state index is 0.0742. The maximum atomic E-state index is 13.2. The van der Waals surface area contributed by atoms with Gasteiger partial charge in [0.05, 0.1) is 18.0 Å². The smallest absolute Gasteiger partial charge is 0.299 e. The summed E-state index contributed by atoms with van der Waals surface area (Å²) in [6, 6.07) is 18.2. The number of nitrogens with zero attached hydrogens (tertiary/aromatic N) is 6. The number of methoxy groups -OCH3 is 1. The normalized spacial score (nSPS) is 11.4. The van der Waals surface area contributed by atoms with Crippen LogP contribution in [-0.4, -0.2) is 42.6 Å². The lowest BCUT2D eigenvalue weighted by molar-refractivity contribution is 0.181. The Morgan fingerprint density at radius 1 is 1.00 bits per heavy atom. The van der Waals surface area contributed by atoms with Gasteiger partial charge in [0.2, 0.25) is 5.82 Å². The fourth-order valence-corrected chi connectivity index (χ4v) is 3.93. The monoisotopic (exact) mass is 496 g/mol. The van der Waals surface area contributed by atoms with E-state index in [0.29, 0.717) is 22.8 Å². The van der Waals surface area contributed by atoms with E-state index in [2.05, 4.69) is 36.0 Å². The minimum atomic E-state index is -0.373. The number of benzene rings is 3. The number of azo groups is 1. The average molecular weight is 497 g/mol. The van der Waals surface area contributed by atoms with E-state index in [1.807, 2.05) is 56.3 Å². The van der Waals surface area contributed by atoms with Crippen molar-refractivity contribution in [3.8, 4) is 34.0 Å². The molecule has 0 aliphatic heterocycles. The van der Waals surface area contributed by atoms with Crippen LogP contribution in [0, 0.1) is 13.8 Å². The molecule has 0 saturated carbocycles. The van der Waals surface area contributed by atoms with Crippen molar-refractivity contribution in [1.82, 2.24) is 30.4 Å². The number of nitrogens with one attached hydrogen (secondary N) is 2. The van der Waals surface area contributed by atoms with Gasteiger partial charge in [-0.2, -0.15) is 5.21 Å². The van der Waals surface area contributed by atoms with Crippen LogP contribution >= 0.6 is 0 Å². The van der Waals surface area contributed by atoms with Gasteiger partial charge in [0.25, 0.3) is 5.56 Å². The molecule has 5 rings (SSSR count). The van der Waals surface area contributed by atoms with Crippen LogP contribution in [-0.2, 0) is 11.3 Å². The number of phenols is 1. The second kappa shape index (κ2) is 9.99. The first-order valence-electron chi connectivity index (χ1n) is 11.4. The molecule has 3 aromatic carbocycles. The number of aryl methyl sites for hydroxylation is 2. The summed E-state index contributed by atoms with van der Waals surface area (Å²) < 4.78 is 6.67. The summed E-state index contributed by atoms with van der Waals surface area (Å²) in [5.41, 5.74) is 5.28. The van der Waals surface area contributed by atoms with E-state index in [1.165, 1.54) is 11.8 Å². The van der Waals surface area contributed by atoms with Gasteiger partial charge in [0, 0.05) is 18.2 Å². The Balaban J connectivity index is 1.52. The SMILES string of the molecule is COCc1[nH]n(-c2ccc(C)c(C)c2)c(=O)c1N=Nc1cccc(-c2cccc(-c3nn[nH]n3)c2)c1O. The van der Waals surface area contributed by atoms with E-state index in [9.17, 15) is 9.90 Å². The number of aromatic nitrogens is 6. The Kier molecular flexibility index (Phi) is 6.43. The Hall–Kier alpha value is -4.90. The van der Waals surface area contributed by atoms with Crippen LogP contribution < -0.4 is 5.56 Å². The molecule has 0 unspecified atom stereocenters. The van der Waals surface area contributed by atoms with Crippen molar-refractivity contribution >= 4 is 11.4 Å². The topological polar surface area (TPSA) is 146 Å². The van der Waals surface area contributed by atoms with E-state index in [4.69, 9.17) is 4.74 Å². The first-order chi connectivity index (χ1) is 18.0. The standard InChI is InChI=1S/C26H24N8O3/c1-15-10-11-19(12-16(15)2)34-26(36)23(22(31-34)14-37-3)28-27-21-9-5-8-20(24(21)35)17-6-4-7-18(13-17)25-29-32-33-30-25/h4-13,31,35H,14H2,1-3H3,(H,29,30,32,33). The number of aromatic amines is 2. The number of hydrogen-bond donors (Lipinski definition) is 3. The van der Waals surface area contributed by atoms with Crippen molar-refractivity contribution in [2.45, 2.75) is 20.5 Å². The maximum absolute atomic E-state index is 13.2. The van der Waals surface area contributed by atoms with E-state index < -0.39 is 0 Å². The zero-order valence-electron chi connectivity index (χ0n) is 20.4. The predicted octanol–water partition coefficient (Wildman–Crippen LogP) is 4.90. The summed E-state index contributed by atoms with van der Waals surface area (Å²) in [7, 11) is 1.53. The van der Waals surface area contributed by atoms with Crippen LogP contribution in [0.15, 0.2) is 75.7 Å². The van der Waals surface area contributed by atoms with Crippen LogP contribution in [0.1, 0.15) is 16.8 Å². The van der Waals surface area contributed by atoms with Crippen molar-refractivity contribution in [1.29, 1.82) is 0 Å². The molecule has 0 aliphatic carbocycles. The Morgan fingerprint density at radius 3 is 2.57 bits per heavy atom. The molecule has 2 aromatic heterocycles. The highest BCUT2D eigenvalue weighted by Crippen LogP contribution is 2.38. The van der Waals surface area contributed by atoms with E-state index in [1.54, 1.807) is 18.2 Å². The lowest BCUT2D eigenvalue weighted by Crippen LogP contribution is -2.14. The van der Waals surface area contributed by atoms with Gasteiger partial charge in [-0.25, -0.2) is 4.68 Å². The molecule has 0 bridgehead atoms. The molecule has 5 aromatic rings.